The standard InChI is InChI=1S/C13H14N4O4/c1-7(15-13(19)20)5-17-12-8(4-14-17)2-3-9-11(12)16-10(18)6-21-9/h2-4,7,15H,5-6H2,1H3,(H,16,18)(H,19,20). The van der Waals surface area contributed by atoms with Crippen molar-refractivity contribution in [1.82, 2.24) is 15.1 Å². The first-order chi connectivity index (χ1) is 10.0. The Morgan fingerprint density at radius 1 is 1.62 bits per heavy atom. The van der Waals surface area contributed by atoms with Crippen LogP contribution in [0.25, 0.3) is 10.9 Å². The fourth-order valence-corrected chi connectivity index (χ4v) is 2.37. The van der Waals surface area contributed by atoms with Crippen molar-refractivity contribution in [2.24, 2.45) is 0 Å². The van der Waals surface area contributed by atoms with E-state index in [1.54, 1.807) is 23.9 Å². The number of carbonyl (C=O) groups excluding carboxylic acids is 1. The molecule has 8 heteroatoms. The van der Waals surface area contributed by atoms with Gasteiger partial charge in [0.05, 0.1) is 18.3 Å². The Morgan fingerprint density at radius 2 is 2.43 bits per heavy atom. The number of aromatic nitrogens is 2. The molecule has 0 spiro atoms. The van der Waals surface area contributed by atoms with Crippen molar-refractivity contribution in [3.05, 3.63) is 18.3 Å². The van der Waals surface area contributed by atoms with E-state index in [-0.39, 0.29) is 18.6 Å². The van der Waals surface area contributed by atoms with E-state index in [0.717, 1.165) is 10.9 Å². The number of carboxylic acid groups (broad SMARTS) is 1. The molecule has 1 aromatic carbocycles. The zero-order chi connectivity index (χ0) is 15.0. The summed E-state index contributed by atoms with van der Waals surface area (Å²) in [7, 11) is 0. The SMILES string of the molecule is CC(Cn1ncc2ccc3c(c21)NC(=O)CO3)NC(=O)O. The maximum atomic E-state index is 11.5. The van der Waals surface area contributed by atoms with Gasteiger partial charge in [-0.1, -0.05) is 0 Å². The third kappa shape index (κ3) is 2.47. The normalized spacial score (nSPS) is 15.0. The number of benzene rings is 1. The van der Waals surface area contributed by atoms with E-state index in [1.807, 2.05) is 6.07 Å². The zero-order valence-corrected chi connectivity index (χ0v) is 11.3. The molecular weight excluding hydrogens is 276 g/mol. The number of hydrogen-bond donors (Lipinski definition) is 3. The van der Waals surface area contributed by atoms with Crippen molar-refractivity contribution in [3.63, 3.8) is 0 Å². The molecule has 1 unspecified atom stereocenters. The van der Waals surface area contributed by atoms with Crippen LogP contribution in [0.1, 0.15) is 6.92 Å². The lowest BCUT2D eigenvalue weighted by Gasteiger charge is -2.20. The molecule has 0 saturated carbocycles. The number of nitrogens with zero attached hydrogens (tertiary/aromatic N) is 2. The van der Waals surface area contributed by atoms with E-state index in [2.05, 4.69) is 15.7 Å². The van der Waals surface area contributed by atoms with Crippen LogP contribution >= 0.6 is 0 Å². The van der Waals surface area contributed by atoms with E-state index < -0.39 is 6.09 Å². The fourth-order valence-electron chi connectivity index (χ4n) is 2.37. The molecular formula is C13H14N4O4. The Labute approximate surface area is 119 Å². The summed E-state index contributed by atoms with van der Waals surface area (Å²) in [6.07, 6.45) is 0.585. The smallest absolute Gasteiger partial charge is 0.404 e. The molecule has 0 saturated heterocycles. The molecule has 0 bridgehead atoms. The third-order valence-electron chi connectivity index (χ3n) is 3.21. The molecule has 1 atom stereocenters. The summed E-state index contributed by atoms with van der Waals surface area (Å²) in [5.74, 6) is 0.363. The van der Waals surface area contributed by atoms with E-state index in [0.29, 0.717) is 18.0 Å². The molecule has 2 amide bonds. The maximum absolute atomic E-state index is 11.5. The van der Waals surface area contributed by atoms with Gasteiger partial charge in [-0.05, 0) is 19.1 Å². The summed E-state index contributed by atoms with van der Waals surface area (Å²) in [6, 6.07) is 3.31. The lowest BCUT2D eigenvalue weighted by molar-refractivity contribution is -0.118. The second-order valence-corrected chi connectivity index (χ2v) is 4.89. The van der Waals surface area contributed by atoms with Gasteiger partial charge in [-0.25, -0.2) is 4.79 Å². The maximum Gasteiger partial charge on any atom is 0.404 e. The molecule has 0 radical (unpaired) electrons. The number of anilines is 1. The van der Waals surface area contributed by atoms with Gasteiger partial charge in [0, 0.05) is 11.4 Å². The number of nitrogens with one attached hydrogen (secondary N) is 2. The van der Waals surface area contributed by atoms with E-state index in [1.165, 1.54) is 0 Å². The molecule has 1 aliphatic rings. The van der Waals surface area contributed by atoms with Gasteiger partial charge in [0.25, 0.3) is 5.91 Å². The number of amides is 2. The molecule has 8 nitrogen and oxygen atoms in total. The van der Waals surface area contributed by atoms with Crippen LogP contribution < -0.4 is 15.4 Å². The van der Waals surface area contributed by atoms with Crippen LogP contribution in [0.15, 0.2) is 18.3 Å². The first-order valence-corrected chi connectivity index (χ1v) is 6.45. The van der Waals surface area contributed by atoms with Crippen molar-refractivity contribution in [1.29, 1.82) is 0 Å². The minimum atomic E-state index is -1.09. The molecule has 2 heterocycles. The van der Waals surface area contributed by atoms with Gasteiger partial charge in [0.2, 0.25) is 0 Å². The minimum absolute atomic E-state index is 0.0103. The number of fused-ring (bicyclic) bond motifs is 3. The summed E-state index contributed by atoms with van der Waals surface area (Å²) in [4.78, 5) is 22.2. The van der Waals surface area contributed by atoms with Crippen LogP contribution in [-0.2, 0) is 11.3 Å². The molecule has 1 aromatic heterocycles. The van der Waals surface area contributed by atoms with Gasteiger partial charge < -0.3 is 20.5 Å². The van der Waals surface area contributed by atoms with Crippen LogP contribution in [0.2, 0.25) is 0 Å². The molecule has 0 fully saturated rings. The van der Waals surface area contributed by atoms with E-state index in [4.69, 9.17) is 9.84 Å². The topological polar surface area (TPSA) is 105 Å². The Bertz CT molecular complexity index is 724. The highest BCUT2D eigenvalue weighted by Crippen LogP contribution is 2.35. The van der Waals surface area contributed by atoms with Gasteiger partial charge in [-0.3, -0.25) is 9.48 Å². The number of ether oxygens (including phenoxy) is 1. The summed E-state index contributed by atoms with van der Waals surface area (Å²) in [5, 5.41) is 19.0. The molecule has 3 N–H and O–H groups in total. The van der Waals surface area contributed by atoms with Gasteiger partial charge >= 0.3 is 6.09 Å². The molecule has 0 aliphatic carbocycles. The fraction of sp³-hybridized carbons (Fsp3) is 0.308. The van der Waals surface area contributed by atoms with Gasteiger partial charge in [-0.15, -0.1) is 0 Å². The Balaban J connectivity index is 2.00. The Kier molecular flexibility index (Phi) is 3.13. The molecule has 2 aromatic rings. The average Bonchev–Trinajstić information content (AvgIpc) is 2.81. The van der Waals surface area contributed by atoms with Crippen LogP contribution in [0.5, 0.6) is 5.75 Å². The van der Waals surface area contributed by atoms with E-state index >= 15 is 0 Å². The minimum Gasteiger partial charge on any atom is -0.481 e. The predicted octanol–water partition coefficient (Wildman–Crippen LogP) is 1.02. The molecule has 3 rings (SSSR count). The van der Waals surface area contributed by atoms with Crippen LogP contribution in [0.4, 0.5) is 10.5 Å². The van der Waals surface area contributed by atoms with Gasteiger partial charge in [0.15, 0.2) is 6.61 Å². The summed E-state index contributed by atoms with van der Waals surface area (Å²) < 4.78 is 7.03. The van der Waals surface area contributed by atoms with Crippen molar-refractivity contribution in [2.75, 3.05) is 11.9 Å². The molecule has 21 heavy (non-hydrogen) atoms. The number of hydrogen-bond acceptors (Lipinski definition) is 4. The summed E-state index contributed by atoms with van der Waals surface area (Å²) in [5.41, 5.74) is 1.29. The predicted molar refractivity (Wildman–Crippen MR) is 74.5 cm³/mol. The highest BCUT2D eigenvalue weighted by Gasteiger charge is 2.21. The Hall–Kier alpha value is -2.77. The lowest BCUT2D eigenvalue weighted by atomic mass is 10.2. The van der Waals surface area contributed by atoms with E-state index in [9.17, 15) is 9.59 Å². The van der Waals surface area contributed by atoms with Crippen molar-refractivity contribution in [2.45, 2.75) is 19.5 Å². The first-order valence-electron chi connectivity index (χ1n) is 6.45. The van der Waals surface area contributed by atoms with Crippen molar-refractivity contribution < 1.29 is 19.4 Å². The van der Waals surface area contributed by atoms with Crippen molar-refractivity contribution in [3.8, 4) is 5.75 Å². The van der Waals surface area contributed by atoms with Crippen LogP contribution in [0.3, 0.4) is 0 Å². The zero-order valence-electron chi connectivity index (χ0n) is 11.3. The third-order valence-corrected chi connectivity index (χ3v) is 3.21. The van der Waals surface area contributed by atoms with Gasteiger partial charge in [-0.2, -0.15) is 5.10 Å². The van der Waals surface area contributed by atoms with Gasteiger partial charge in [0.1, 0.15) is 11.4 Å². The number of carbonyl (C=O) groups is 2. The summed E-state index contributed by atoms with van der Waals surface area (Å²) >= 11 is 0. The van der Waals surface area contributed by atoms with Crippen LogP contribution in [0, 0.1) is 0 Å². The Morgan fingerprint density at radius 3 is 3.19 bits per heavy atom. The largest absolute Gasteiger partial charge is 0.481 e. The average molecular weight is 290 g/mol. The monoisotopic (exact) mass is 290 g/mol. The summed E-state index contributed by atoms with van der Waals surface area (Å²) in [6.45, 7) is 2.08. The highest BCUT2D eigenvalue weighted by molar-refractivity contribution is 6.05. The van der Waals surface area contributed by atoms with Crippen molar-refractivity contribution >= 4 is 28.6 Å². The second kappa shape index (κ2) is 4.97. The lowest BCUT2D eigenvalue weighted by Crippen LogP contribution is -2.34. The quantitative estimate of drug-likeness (QED) is 0.782. The highest BCUT2D eigenvalue weighted by atomic mass is 16.5. The number of rotatable bonds is 3. The van der Waals surface area contributed by atoms with Crippen LogP contribution in [-0.4, -0.2) is 39.5 Å². The molecule has 110 valence electrons. The first kappa shape index (κ1) is 13.2. The molecule has 1 aliphatic heterocycles. The second-order valence-electron chi connectivity index (χ2n) is 4.89.